The van der Waals surface area contributed by atoms with E-state index < -0.39 is 0 Å². The summed E-state index contributed by atoms with van der Waals surface area (Å²) in [6.45, 7) is 5.62. The van der Waals surface area contributed by atoms with Crippen molar-refractivity contribution in [1.29, 1.82) is 0 Å². The number of hydrogen-bond donors (Lipinski definition) is 2. The summed E-state index contributed by atoms with van der Waals surface area (Å²) in [5, 5.41) is 9.12. The van der Waals surface area contributed by atoms with Crippen LogP contribution in [0, 0.1) is 0 Å². The maximum atomic E-state index is 9.12. The lowest BCUT2D eigenvalue weighted by molar-refractivity contribution is 0.288. The van der Waals surface area contributed by atoms with Crippen LogP contribution in [0.1, 0.15) is 12.5 Å². The zero-order valence-corrected chi connectivity index (χ0v) is 8.61. The Kier molecular flexibility index (Phi) is 4.43. The van der Waals surface area contributed by atoms with Crippen molar-refractivity contribution in [3.63, 3.8) is 0 Å². The Morgan fingerprint density at radius 2 is 1.93 bits per heavy atom. The fourth-order valence-electron chi connectivity index (χ4n) is 1.39. The van der Waals surface area contributed by atoms with Gasteiger partial charge in [0.25, 0.3) is 0 Å². The average Bonchev–Trinajstić information content (AvgIpc) is 2.20. The molecule has 0 aliphatic rings. The molecule has 3 heteroatoms. The Balaban J connectivity index is 2.53. The summed E-state index contributed by atoms with van der Waals surface area (Å²) in [4.78, 5) is 2.27. The molecule has 0 heterocycles. The number of likely N-dealkylation sites (N-methyl/N-ethyl adjacent to an activating group) is 1. The molecule has 0 amide bonds. The van der Waals surface area contributed by atoms with Crippen LogP contribution in [0.25, 0.3) is 0 Å². The predicted octanol–water partition coefficient (Wildman–Crippen LogP) is 1.17. The van der Waals surface area contributed by atoms with Gasteiger partial charge in [0.2, 0.25) is 0 Å². The van der Waals surface area contributed by atoms with Crippen molar-refractivity contribution in [2.24, 2.45) is 5.73 Å². The molecule has 3 nitrogen and oxygen atoms in total. The fraction of sp³-hybridized carbons (Fsp3) is 0.455. The van der Waals surface area contributed by atoms with Gasteiger partial charge in [-0.2, -0.15) is 0 Å². The Morgan fingerprint density at radius 3 is 2.43 bits per heavy atom. The third-order valence-corrected chi connectivity index (χ3v) is 2.24. The second-order valence-corrected chi connectivity index (χ2v) is 3.32. The lowest BCUT2D eigenvalue weighted by atomic mass is 10.2. The van der Waals surface area contributed by atoms with Crippen LogP contribution < -0.4 is 5.73 Å². The molecule has 14 heavy (non-hydrogen) atoms. The van der Waals surface area contributed by atoms with E-state index in [0.29, 0.717) is 12.3 Å². The van der Waals surface area contributed by atoms with Crippen molar-refractivity contribution in [2.45, 2.75) is 13.5 Å². The summed E-state index contributed by atoms with van der Waals surface area (Å²) >= 11 is 0. The highest BCUT2D eigenvalue weighted by Gasteiger charge is 2.01. The highest BCUT2D eigenvalue weighted by atomic mass is 16.3. The van der Waals surface area contributed by atoms with Crippen LogP contribution in [0.5, 0.6) is 5.75 Å². The van der Waals surface area contributed by atoms with Gasteiger partial charge in [-0.3, -0.25) is 4.90 Å². The molecule has 78 valence electrons. The first-order valence-electron chi connectivity index (χ1n) is 4.96. The summed E-state index contributed by atoms with van der Waals surface area (Å²) in [5.41, 5.74) is 6.71. The van der Waals surface area contributed by atoms with Gasteiger partial charge in [0.1, 0.15) is 5.75 Å². The number of nitrogens with two attached hydrogens (primary N) is 1. The molecule has 1 aromatic rings. The van der Waals surface area contributed by atoms with Gasteiger partial charge in [-0.15, -0.1) is 0 Å². The molecule has 0 unspecified atom stereocenters. The standard InChI is InChI=1S/C11H18N2O/c1-2-13(8-7-12)9-10-3-5-11(14)6-4-10/h3-6,14H,2,7-9,12H2,1H3. The van der Waals surface area contributed by atoms with E-state index in [9.17, 15) is 0 Å². The van der Waals surface area contributed by atoms with Gasteiger partial charge in [0, 0.05) is 19.6 Å². The second kappa shape index (κ2) is 5.62. The molecule has 0 saturated heterocycles. The molecule has 1 rings (SSSR count). The van der Waals surface area contributed by atoms with Crippen molar-refractivity contribution < 1.29 is 5.11 Å². The summed E-state index contributed by atoms with van der Waals surface area (Å²) in [6, 6.07) is 7.31. The number of rotatable bonds is 5. The molecule has 0 saturated carbocycles. The van der Waals surface area contributed by atoms with Gasteiger partial charge in [-0.1, -0.05) is 19.1 Å². The largest absolute Gasteiger partial charge is 0.508 e. The molecule has 3 N–H and O–H groups in total. The second-order valence-electron chi connectivity index (χ2n) is 3.32. The van der Waals surface area contributed by atoms with Crippen molar-refractivity contribution in [2.75, 3.05) is 19.6 Å². The van der Waals surface area contributed by atoms with E-state index in [4.69, 9.17) is 10.8 Å². The summed E-state index contributed by atoms with van der Waals surface area (Å²) < 4.78 is 0. The monoisotopic (exact) mass is 194 g/mol. The van der Waals surface area contributed by atoms with Crippen LogP contribution in [0.3, 0.4) is 0 Å². The van der Waals surface area contributed by atoms with Gasteiger partial charge in [-0.05, 0) is 24.2 Å². The number of nitrogens with zero attached hydrogens (tertiary/aromatic N) is 1. The van der Waals surface area contributed by atoms with E-state index >= 15 is 0 Å². The lowest BCUT2D eigenvalue weighted by Crippen LogP contribution is -2.28. The fourth-order valence-corrected chi connectivity index (χ4v) is 1.39. The number of phenols is 1. The highest BCUT2D eigenvalue weighted by Crippen LogP contribution is 2.11. The Labute approximate surface area is 85.2 Å². The molecule has 0 radical (unpaired) electrons. The third-order valence-electron chi connectivity index (χ3n) is 2.24. The maximum Gasteiger partial charge on any atom is 0.115 e. The quantitative estimate of drug-likeness (QED) is 0.740. The highest BCUT2D eigenvalue weighted by molar-refractivity contribution is 5.25. The molecule has 0 aliphatic heterocycles. The topological polar surface area (TPSA) is 49.5 Å². The molecule has 0 aromatic heterocycles. The Hall–Kier alpha value is -1.06. The average molecular weight is 194 g/mol. The third kappa shape index (κ3) is 3.36. The van der Waals surface area contributed by atoms with Gasteiger partial charge < -0.3 is 10.8 Å². The van der Waals surface area contributed by atoms with Crippen molar-refractivity contribution >= 4 is 0 Å². The van der Waals surface area contributed by atoms with Crippen LogP contribution in [-0.2, 0) is 6.54 Å². The Morgan fingerprint density at radius 1 is 1.29 bits per heavy atom. The molecule has 1 aromatic carbocycles. The van der Waals surface area contributed by atoms with E-state index in [1.54, 1.807) is 12.1 Å². The molecule has 0 spiro atoms. The van der Waals surface area contributed by atoms with Crippen LogP contribution >= 0.6 is 0 Å². The van der Waals surface area contributed by atoms with E-state index in [0.717, 1.165) is 19.6 Å². The van der Waals surface area contributed by atoms with Crippen molar-refractivity contribution in [1.82, 2.24) is 4.90 Å². The van der Waals surface area contributed by atoms with Crippen molar-refractivity contribution in [3.8, 4) is 5.75 Å². The predicted molar refractivity (Wildman–Crippen MR) is 58.1 cm³/mol. The van der Waals surface area contributed by atoms with Gasteiger partial charge >= 0.3 is 0 Å². The minimum Gasteiger partial charge on any atom is -0.508 e. The summed E-state index contributed by atoms with van der Waals surface area (Å²) in [6.07, 6.45) is 0. The van der Waals surface area contributed by atoms with Crippen LogP contribution in [-0.4, -0.2) is 29.6 Å². The van der Waals surface area contributed by atoms with E-state index in [-0.39, 0.29) is 0 Å². The number of benzene rings is 1. The first-order valence-corrected chi connectivity index (χ1v) is 4.96. The number of aromatic hydroxyl groups is 1. The molecule has 0 fully saturated rings. The van der Waals surface area contributed by atoms with Crippen molar-refractivity contribution in [3.05, 3.63) is 29.8 Å². The molecule has 0 atom stereocenters. The maximum absolute atomic E-state index is 9.12. The zero-order chi connectivity index (χ0) is 10.4. The number of phenolic OH excluding ortho intramolecular Hbond substituents is 1. The lowest BCUT2D eigenvalue weighted by Gasteiger charge is -2.19. The van der Waals surface area contributed by atoms with Gasteiger partial charge in [0.05, 0.1) is 0 Å². The van der Waals surface area contributed by atoms with Crippen LogP contribution in [0.15, 0.2) is 24.3 Å². The van der Waals surface area contributed by atoms with E-state index in [2.05, 4.69) is 11.8 Å². The molecule has 0 aliphatic carbocycles. The first kappa shape index (κ1) is 11.0. The Bertz CT molecular complexity index is 258. The van der Waals surface area contributed by atoms with E-state index in [1.165, 1.54) is 5.56 Å². The zero-order valence-electron chi connectivity index (χ0n) is 8.61. The number of hydrogen-bond acceptors (Lipinski definition) is 3. The molecular formula is C11H18N2O. The molecular weight excluding hydrogens is 176 g/mol. The minimum atomic E-state index is 0.315. The summed E-state index contributed by atoms with van der Waals surface area (Å²) in [7, 11) is 0. The van der Waals surface area contributed by atoms with Crippen LogP contribution in [0.2, 0.25) is 0 Å². The van der Waals surface area contributed by atoms with Gasteiger partial charge in [-0.25, -0.2) is 0 Å². The normalized spacial score (nSPS) is 10.8. The summed E-state index contributed by atoms with van der Waals surface area (Å²) in [5.74, 6) is 0.315. The van der Waals surface area contributed by atoms with Crippen LogP contribution in [0.4, 0.5) is 0 Å². The smallest absolute Gasteiger partial charge is 0.115 e. The minimum absolute atomic E-state index is 0.315. The molecule has 0 bridgehead atoms. The first-order chi connectivity index (χ1) is 6.76. The van der Waals surface area contributed by atoms with Gasteiger partial charge in [0.15, 0.2) is 0 Å². The van der Waals surface area contributed by atoms with E-state index in [1.807, 2.05) is 12.1 Å². The SMILES string of the molecule is CCN(CCN)Cc1ccc(O)cc1.